The highest BCUT2D eigenvalue weighted by molar-refractivity contribution is 7.99. The maximum atomic E-state index is 10.6. The fourth-order valence-electron chi connectivity index (χ4n) is 1.65. The van der Waals surface area contributed by atoms with Crippen molar-refractivity contribution in [2.24, 2.45) is 5.73 Å². The van der Waals surface area contributed by atoms with Gasteiger partial charge < -0.3 is 5.73 Å². The van der Waals surface area contributed by atoms with Crippen molar-refractivity contribution in [1.29, 1.82) is 0 Å². The molecule has 0 heterocycles. The Morgan fingerprint density at radius 2 is 1.90 bits per heavy atom. The second kappa shape index (κ2) is 6.26. The minimum absolute atomic E-state index is 0.0640. The fourth-order valence-corrected chi connectivity index (χ4v) is 2.77. The van der Waals surface area contributed by atoms with Crippen LogP contribution in [0, 0.1) is 10.1 Å². The molecular weight excluding hydrogens is 296 g/mol. The van der Waals surface area contributed by atoms with Gasteiger partial charge >= 0.3 is 0 Å². The lowest BCUT2D eigenvalue weighted by atomic mass is 10.1. The Labute approximate surface area is 126 Å². The van der Waals surface area contributed by atoms with E-state index in [0.717, 1.165) is 15.4 Å². The zero-order valence-corrected chi connectivity index (χ0v) is 12.3. The van der Waals surface area contributed by atoms with Crippen molar-refractivity contribution in [3.05, 3.63) is 63.2 Å². The predicted octanol–water partition coefficient (Wildman–Crippen LogP) is 4.42. The first-order valence-corrected chi connectivity index (χ1v) is 7.14. The summed E-state index contributed by atoms with van der Waals surface area (Å²) in [6.07, 6.45) is 0. The van der Waals surface area contributed by atoms with Gasteiger partial charge in [0.15, 0.2) is 0 Å². The molecule has 2 aromatic rings. The van der Waals surface area contributed by atoms with E-state index in [-0.39, 0.29) is 11.7 Å². The van der Waals surface area contributed by atoms with Crippen LogP contribution in [0.3, 0.4) is 0 Å². The average molecular weight is 309 g/mol. The van der Waals surface area contributed by atoms with Crippen LogP contribution in [0.4, 0.5) is 5.69 Å². The molecule has 0 aliphatic rings. The standard InChI is InChI=1S/C14H13ClN2O2S/c1-9(16)10-2-7-14(13(15)8-10)20-12-5-3-11(4-6-12)17(18)19/h2-9H,16H2,1H3. The van der Waals surface area contributed by atoms with E-state index in [9.17, 15) is 10.1 Å². The van der Waals surface area contributed by atoms with Crippen LogP contribution in [0.2, 0.25) is 5.02 Å². The molecule has 2 N–H and O–H groups in total. The molecule has 2 rings (SSSR count). The molecule has 2 aromatic carbocycles. The monoisotopic (exact) mass is 308 g/mol. The molecule has 104 valence electrons. The van der Waals surface area contributed by atoms with Crippen LogP contribution in [0.5, 0.6) is 0 Å². The number of nitrogens with two attached hydrogens (primary N) is 1. The molecule has 0 saturated carbocycles. The summed E-state index contributed by atoms with van der Waals surface area (Å²) in [7, 11) is 0. The zero-order chi connectivity index (χ0) is 14.7. The lowest BCUT2D eigenvalue weighted by Gasteiger charge is -2.09. The number of nitro groups is 1. The van der Waals surface area contributed by atoms with E-state index in [1.807, 2.05) is 25.1 Å². The maximum Gasteiger partial charge on any atom is 0.269 e. The molecule has 20 heavy (non-hydrogen) atoms. The minimum Gasteiger partial charge on any atom is -0.324 e. The van der Waals surface area contributed by atoms with Crippen LogP contribution < -0.4 is 5.73 Å². The molecule has 4 nitrogen and oxygen atoms in total. The van der Waals surface area contributed by atoms with Gasteiger partial charge in [0.25, 0.3) is 5.69 Å². The second-order valence-electron chi connectivity index (χ2n) is 4.33. The van der Waals surface area contributed by atoms with Gasteiger partial charge in [-0.2, -0.15) is 0 Å². The third kappa shape index (κ3) is 3.50. The molecule has 0 aliphatic heterocycles. The van der Waals surface area contributed by atoms with Crippen molar-refractivity contribution in [2.45, 2.75) is 22.8 Å². The van der Waals surface area contributed by atoms with Gasteiger partial charge in [-0.15, -0.1) is 0 Å². The Morgan fingerprint density at radius 1 is 1.25 bits per heavy atom. The first kappa shape index (κ1) is 14.8. The van der Waals surface area contributed by atoms with Gasteiger partial charge in [0, 0.05) is 28.0 Å². The van der Waals surface area contributed by atoms with Crippen LogP contribution >= 0.6 is 23.4 Å². The Morgan fingerprint density at radius 3 is 2.40 bits per heavy atom. The highest BCUT2D eigenvalue weighted by atomic mass is 35.5. The van der Waals surface area contributed by atoms with Gasteiger partial charge in [0.05, 0.1) is 9.95 Å². The van der Waals surface area contributed by atoms with E-state index < -0.39 is 4.92 Å². The molecule has 1 unspecified atom stereocenters. The largest absolute Gasteiger partial charge is 0.324 e. The van der Waals surface area contributed by atoms with Crippen LogP contribution in [-0.2, 0) is 0 Å². The number of non-ortho nitro benzene ring substituents is 1. The molecule has 0 aliphatic carbocycles. The number of hydrogen-bond acceptors (Lipinski definition) is 4. The molecule has 0 radical (unpaired) electrons. The molecule has 0 amide bonds. The number of rotatable bonds is 4. The first-order chi connectivity index (χ1) is 9.47. The number of halogens is 1. The second-order valence-corrected chi connectivity index (χ2v) is 5.85. The van der Waals surface area contributed by atoms with Crippen LogP contribution in [0.25, 0.3) is 0 Å². The van der Waals surface area contributed by atoms with E-state index in [2.05, 4.69) is 0 Å². The molecule has 0 saturated heterocycles. The molecule has 0 bridgehead atoms. The topological polar surface area (TPSA) is 69.2 Å². The summed E-state index contributed by atoms with van der Waals surface area (Å²) in [5.74, 6) is 0. The van der Waals surface area contributed by atoms with Crippen molar-refractivity contribution in [3.8, 4) is 0 Å². The molecule has 1 atom stereocenters. The highest BCUT2D eigenvalue weighted by Gasteiger charge is 2.08. The normalized spacial score (nSPS) is 12.2. The number of nitrogens with zero attached hydrogens (tertiary/aromatic N) is 1. The molecule has 0 fully saturated rings. The van der Waals surface area contributed by atoms with E-state index in [1.165, 1.54) is 23.9 Å². The fraction of sp³-hybridized carbons (Fsp3) is 0.143. The number of hydrogen-bond donors (Lipinski definition) is 1. The number of nitro benzene ring substituents is 1. The zero-order valence-electron chi connectivity index (χ0n) is 10.7. The third-order valence-corrected chi connectivity index (χ3v) is 4.27. The molecule has 0 aromatic heterocycles. The summed E-state index contributed by atoms with van der Waals surface area (Å²) in [6, 6.07) is 12.0. The van der Waals surface area contributed by atoms with Gasteiger partial charge in [0.1, 0.15) is 0 Å². The summed E-state index contributed by atoms with van der Waals surface area (Å²) in [5.41, 5.74) is 6.85. The Balaban J connectivity index is 2.19. The van der Waals surface area contributed by atoms with Gasteiger partial charge in [-0.1, -0.05) is 29.4 Å². The Bertz CT molecular complexity index is 630. The molecule has 6 heteroatoms. The lowest BCUT2D eigenvalue weighted by Crippen LogP contribution is -2.04. The van der Waals surface area contributed by atoms with E-state index in [1.54, 1.807) is 12.1 Å². The number of benzene rings is 2. The van der Waals surface area contributed by atoms with Crippen molar-refractivity contribution in [1.82, 2.24) is 0 Å². The van der Waals surface area contributed by atoms with Crippen molar-refractivity contribution >= 4 is 29.1 Å². The van der Waals surface area contributed by atoms with E-state index in [4.69, 9.17) is 17.3 Å². The van der Waals surface area contributed by atoms with Gasteiger partial charge in [0.2, 0.25) is 0 Å². The third-order valence-electron chi connectivity index (χ3n) is 2.76. The SMILES string of the molecule is CC(N)c1ccc(Sc2ccc([N+](=O)[O-])cc2)c(Cl)c1. The van der Waals surface area contributed by atoms with Gasteiger partial charge in [-0.3, -0.25) is 10.1 Å². The van der Waals surface area contributed by atoms with Gasteiger partial charge in [-0.05, 0) is 36.8 Å². The Hall–Kier alpha value is -1.56. The minimum atomic E-state index is -0.418. The van der Waals surface area contributed by atoms with E-state index >= 15 is 0 Å². The average Bonchev–Trinajstić information content (AvgIpc) is 2.41. The van der Waals surface area contributed by atoms with Crippen LogP contribution in [0.15, 0.2) is 52.3 Å². The van der Waals surface area contributed by atoms with E-state index in [0.29, 0.717) is 5.02 Å². The summed E-state index contributed by atoms with van der Waals surface area (Å²) in [5, 5.41) is 11.2. The van der Waals surface area contributed by atoms with Gasteiger partial charge in [-0.25, -0.2) is 0 Å². The van der Waals surface area contributed by atoms with Crippen molar-refractivity contribution in [2.75, 3.05) is 0 Å². The Kier molecular flexibility index (Phi) is 4.65. The summed E-state index contributed by atoms with van der Waals surface area (Å²) < 4.78 is 0. The highest BCUT2D eigenvalue weighted by Crippen LogP contribution is 2.35. The molecule has 0 spiro atoms. The smallest absolute Gasteiger partial charge is 0.269 e. The quantitative estimate of drug-likeness (QED) is 0.670. The van der Waals surface area contributed by atoms with Crippen molar-refractivity contribution < 1.29 is 4.92 Å². The summed E-state index contributed by atoms with van der Waals surface area (Å²) >= 11 is 7.68. The lowest BCUT2D eigenvalue weighted by molar-refractivity contribution is -0.384. The van der Waals surface area contributed by atoms with Crippen molar-refractivity contribution in [3.63, 3.8) is 0 Å². The molecular formula is C14H13ClN2O2S. The maximum absolute atomic E-state index is 10.6. The summed E-state index contributed by atoms with van der Waals surface area (Å²) in [6.45, 7) is 1.90. The van der Waals surface area contributed by atoms with Crippen LogP contribution in [0.1, 0.15) is 18.5 Å². The predicted molar refractivity (Wildman–Crippen MR) is 81.3 cm³/mol. The summed E-state index contributed by atoms with van der Waals surface area (Å²) in [4.78, 5) is 12.0. The van der Waals surface area contributed by atoms with Crippen LogP contribution in [-0.4, -0.2) is 4.92 Å². The first-order valence-electron chi connectivity index (χ1n) is 5.94.